The molecule has 0 unspecified atom stereocenters. The number of hydrogen-bond acceptors (Lipinski definition) is 20. The fourth-order valence-electron chi connectivity index (χ4n) is 11.7. The lowest BCUT2D eigenvalue weighted by molar-refractivity contribution is -0.310. The van der Waals surface area contributed by atoms with Crippen LogP contribution in [-0.2, 0) is 38.1 Å². The number of Topliss-reactive ketones (excluding diaryl/α,β-unsaturated/α-hetero) is 1. The topological polar surface area (TPSA) is 375 Å². The van der Waals surface area contributed by atoms with Gasteiger partial charge in [-0.05, 0) is 100 Å². The zero-order valence-corrected chi connectivity index (χ0v) is 56.4. The van der Waals surface area contributed by atoms with Gasteiger partial charge < -0.3 is 81.3 Å². The fraction of sp³-hybridized carbons (Fsp3) is 0.397. The zero-order valence-electron chi connectivity index (χ0n) is 54.8. The number of ether oxygens (including phenoxy) is 4. The number of thioether (sulfide) groups is 2. The molecule has 12 atom stereocenters. The van der Waals surface area contributed by atoms with Crippen molar-refractivity contribution in [3.63, 3.8) is 0 Å². The maximum Gasteiger partial charge on any atom is 0.364 e. The molecule has 2 aliphatic heterocycles. The molecule has 0 aliphatic carbocycles. The molecule has 5 amide bonds. The van der Waals surface area contributed by atoms with E-state index in [1.807, 2.05) is 60.7 Å². The van der Waals surface area contributed by atoms with Gasteiger partial charge in [-0.25, -0.2) is 4.79 Å². The monoisotopic (exact) mass is 1400 g/mol. The number of aliphatic hydroxyl groups is 6. The van der Waals surface area contributed by atoms with Gasteiger partial charge in [0, 0.05) is 80.8 Å². The molecule has 0 spiro atoms. The molecule has 26 heteroatoms. The Morgan fingerprint density at radius 2 is 0.960 bits per heavy atom. The van der Waals surface area contributed by atoms with Gasteiger partial charge in [-0.2, -0.15) is 23.5 Å². The number of carbonyl (C=O) groups excluding carboxylic acids is 7. The highest BCUT2D eigenvalue weighted by Gasteiger charge is 2.56. The van der Waals surface area contributed by atoms with E-state index in [4.69, 9.17) is 18.9 Å². The number of carbonyl (C=O) groups is 8. The molecule has 6 aromatic carbocycles. The Balaban J connectivity index is 0.747. The van der Waals surface area contributed by atoms with E-state index in [2.05, 4.69) is 26.6 Å². The first-order valence-electron chi connectivity index (χ1n) is 32.6. The number of carboxylic acids is 1. The zero-order chi connectivity index (χ0) is 71.1. The van der Waals surface area contributed by atoms with E-state index < -0.39 is 128 Å². The number of aliphatic hydroxyl groups excluding tert-OH is 6. The number of aliphatic carboxylic acids is 1. The van der Waals surface area contributed by atoms with Crippen LogP contribution in [0.15, 0.2) is 158 Å². The molecule has 6 aromatic rings. The van der Waals surface area contributed by atoms with Gasteiger partial charge in [0.25, 0.3) is 23.5 Å². The van der Waals surface area contributed by atoms with Gasteiger partial charge in [-0.3, -0.25) is 33.6 Å². The van der Waals surface area contributed by atoms with Gasteiger partial charge in [-0.15, -0.1) is 0 Å². The van der Waals surface area contributed by atoms with E-state index in [1.54, 1.807) is 97.1 Å². The predicted molar refractivity (Wildman–Crippen MR) is 371 cm³/mol. The van der Waals surface area contributed by atoms with Gasteiger partial charge in [0.2, 0.25) is 17.6 Å². The van der Waals surface area contributed by atoms with Crippen molar-refractivity contribution in [3.05, 3.63) is 180 Å². The summed E-state index contributed by atoms with van der Waals surface area (Å²) in [6.07, 6.45) is -12.8. The molecular formula is C73H85N5O19S2. The minimum Gasteiger partial charge on any atom is -0.477 e. The highest BCUT2D eigenvalue weighted by molar-refractivity contribution is 7.99. The third kappa shape index (κ3) is 21.2. The third-order valence-electron chi connectivity index (χ3n) is 16.8. The van der Waals surface area contributed by atoms with E-state index in [1.165, 1.54) is 30.4 Å². The molecule has 0 bridgehead atoms. The van der Waals surface area contributed by atoms with Crippen molar-refractivity contribution in [1.82, 2.24) is 26.6 Å². The second-order valence-corrected chi connectivity index (χ2v) is 26.5. The van der Waals surface area contributed by atoms with Crippen molar-refractivity contribution in [2.24, 2.45) is 0 Å². The molecule has 2 aliphatic rings. The maximum atomic E-state index is 13.8. The number of aldehydes is 1. The molecular weight excluding hydrogens is 1310 g/mol. The quantitative estimate of drug-likeness (QED) is 0.0141. The summed E-state index contributed by atoms with van der Waals surface area (Å²) in [7, 11) is 0. The Hall–Kier alpha value is -8.22. The number of ketones is 1. The van der Waals surface area contributed by atoms with E-state index in [-0.39, 0.29) is 43.4 Å². The van der Waals surface area contributed by atoms with Gasteiger partial charge >= 0.3 is 5.97 Å². The Morgan fingerprint density at radius 1 is 0.525 bits per heavy atom. The lowest BCUT2D eigenvalue weighted by Crippen LogP contribution is -2.68. The first-order valence-corrected chi connectivity index (χ1v) is 34.9. The summed E-state index contributed by atoms with van der Waals surface area (Å²) >= 11 is 2.98. The summed E-state index contributed by atoms with van der Waals surface area (Å²) in [5.74, 6) is -6.95. The Morgan fingerprint density at radius 3 is 1.46 bits per heavy atom. The second kappa shape index (κ2) is 37.3. The van der Waals surface area contributed by atoms with Crippen LogP contribution in [0.1, 0.15) is 93.8 Å². The van der Waals surface area contributed by atoms with Gasteiger partial charge in [0.1, 0.15) is 24.4 Å². The van der Waals surface area contributed by atoms with Crippen LogP contribution < -0.4 is 26.6 Å². The van der Waals surface area contributed by atoms with Crippen LogP contribution >= 0.6 is 23.5 Å². The van der Waals surface area contributed by atoms with Crippen LogP contribution in [0.25, 0.3) is 33.4 Å². The van der Waals surface area contributed by atoms with E-state index in [0.717, 1.165) is 29.2 Å². The average Bonchev–Trinajstić information content (AvgIpc) is 0.799. The van der Waals surface area contributed by atoms with Gasteiger partial charge in [0.05, 0.1) is 49.7 Å². The Bertz CT molecular complexity index is 3670. The number of rotatable bonds is 36. The first-order chi connectivity index (χ1) is 47.6. The molecule has 99 heavy (non-hydrogen) atoms. The first kappa shape index (κ1) is 76.5. The van der Waals surface area contributed by atoms with Crippen molar-refractivity contribution >= 4 is 71.1 Å². The average molecular weight is 1400 g/mol. The van der Waals surface area contributed by atoms with Crippen molar-refractivity contribution in [3.8, 4) is 33.4 Å². The van der Waals surface area contributed by atoms with Crippen molar-refractivity contribution in [2.45, 2.75) is 125 Å². The molecule has 2 fully saturated rings. The predicted octanol–water partition coefficient (Wildman–Crippen LogP) is 4.95. The van der Waals surface area contributed by atoms with Gasteiger partial charge in [-0.1, -0.05) is 127 Å². The van der Waals surface area contributed by atoms with Crippen LogP contribution in [0.3, 0.4) is 0 Å². The maximum absolute atomic E-state index is 13.8. The molecule has 528 valence electrons. The summed E-state index contributed by atoms with van der Waals surface area (Å²) in [5.41, 5.74) is 6.16. The molecule has 0 saturated carbocycles. The summed E-state index contributed by atoms with van der Waals surface area (Å²) in [4.78, 5) is 104. The smallest absolute Gasteiger partial charge is 0.364 e. The SMILES string of the molecule is CC(=O)N[C@H]1[C@H]([C@H](O)[C@H](O)CNC(=O)c2ccc(-c3ccccc3)cc2)O[C@](C=O)(OCCCSCCNC(=O)c2ccccc2-c2ccccc2C(=O)CCCSCCCO[C@]2(C(=O)O)C[C@H](O)[C@@H](NC(C)=O)[C@H]([C@H](O)[C@H](O)CNC(=O)c3ccc(-c4ccccc4)cc3)O2)C[C@@H]1O. The van der Waals surface area contributed by atoms with Crippen molar-refractivity contribution in [2.75, 3.05) is 55.9 Å². The summed E-state index contributed by atoms with van der Waals surface area (Å²) < 4.78 is 23.6. The Labute approximate surface area is 582 Å². The molecule has 2 saturated heterocycles. The van der Waals surface area contributed by atoms with Crippen LogP contribution in [0.4, 0.5) is 0 Å². The van der Waals surface area contributed by atoms with Crippen LogP contribution in [-0.4, -0.2) is 212 Å². The van der Waals surface area contributed by atoms with Crippen molar-refractivity contribution < 1.29 is 93.0 Å². The molecule has 0 aromatic heterocycles. The number of carboxylic acid groups (broad SMARTS) is 1. The Kier molecular flexibility index (Phi) is 28.8. The van der Waals surface area contributed by atoms with E-state index in [0.29, 0.717) is 76.4 Å². The highest BCUT2D eigenvalue weighted by Crippen LogP contribution is 2.36. The van der Waals surface area contributed by atoms with Crippen LogP contribution in [0.5, 0.6) is 0 Å². The standard InChI is InChI=1S/C73H85N5O19S2/c1-45(80)77-62-58(83)40-72(44-79,96-66(62)64(87)60(85)42-75-68(89)51-29-25-49(26-30-51)47-16-5-3-6-17-47)94-34-14-38-99-39-33-74-70(91)56-23-12-10-21-54(56)53-20-9-11-22-55(53)57(82)24-13-36-98-37-15-35-95-73(71(92)93)41-59(84)63(78-46(2)81)67(97-73)65(88)61(86)43-76-69(90)52-31-27-50(28-32-52)48-18-7-4-8-19-48/h3-12,16-23,25-32,44,58-67,83-88H,13-15,24,33-43H2,1-2H3,(H,74,91)(H,75,89)(H,76,90)(H,77,80)(H,78,81)(H,92,93)/t58-,59-,60+,61+,62+,63+,64+,65+,66+,67+,72+,73+/m0/s1. The lowest BCUT2D eigenvalue weighted by Gasteiger charge is -2.46. The van der Waals surface area contributed by atoms with Gasteiger partial charge in [0.15, 0.2) is 12.1 Å². The van der Waals surface area contributed by atoms with Crippen LogP contribution in [0.2, 0.25) is 0 Å². The normalized spacial score (nSPS) is 21.7. The number of amides is 5. The number of hydrogen-bond donors (Lipinski definition) is 12. The minimum atomic E-state index is -2.49. The molecule has 8 rings (SSSR count). The second-order valence-electron chi connectivity index (χ2n) is 24.1. The molecule has 24 nitrogen and oxygen atoms in total. The molecule has 2 heterocycles. The van der Waals surface area contributed by atoms with E-state index in [9.17, 15) is 74.1 Å². The van der Waals surface area contributed by atoms with Crippen LogP contribution in [0, 0.1) is 0 Å². The lowest BCUT2D eigenvalue weighted by atomic mass is 9.88. The fourth-order valence-corrected chi connectivity index (χ4v) is 13.3. The number of nitrogens with one attached hydrogen (secondary N) is 5. The summed E-state index contributed by atoms with van der Waals surface area (Å²) in [5, 5.41) is 90.9. The van der Waals surface area contributed by atoms with E-state index >= 15 is 0 Å². The highest BCUT2D eigenvalue weighted by atomic mass is 32.2. The summed E-state index contributed by atoms with van der Waals surface area (Å²) in [6, 6.07) is 43.9. The van der Waals surface area contributed by atoms with Crippen molar-refractivity contribution in [1.29, 1.82) is 0 Å². The third-order valence-corrected chi connectivity index (χ3v) is 19.0. The largest absolute Gasteiger partial charge is 0.477 e. The minimum absolute atomic E-state index is 0.0333. The summed E-state index contributed by atoms with van der Waals surface area (Å²) in [6.45, 7) is 1.47. The molecule has 12 N–H and O–H groups in total. The molecule has 0 radical (unpaired) electrons. The number of benzene rings is 6.